The van der Waals surface area contributed by atoms with Crippen LogP contribution in [-0.4, -0.2) is 38.2 Å². The number of H-pyrrole nitrogens is 1. The maximum Gasteiger partial charge on any atom is 0.164 e. The van der Waals surface area contributed by atoms with E-state index in [1.807, 2.05) is 18.5 Å². The average Bonchev–Trinajstić information content (AvgIpc) is 3.16. The van der Waals surface area contributed by atoms with E-state index in [-0.39, 0.29) is 0 Å². The van der Waals surface area contributed by atoms with Gasteiger partial charge in [0.25, 0.3) is 0 Å². The molecule has 0 radical (unpaired) electrons. The summed E-state index contributed by atoms with van der Waals surface area (Å²) < 4.78 is 7.39. The summed E-state index contributed by atoms with van der Waals surface area (Å²) in [5, 5.41) is 12.4. The molecule has 1 fully saturated rings. The SMILES string of the molecule is c1cc(-n2ncc3c([C@H]4CCCOC4)ccnc32)[nH]n1. The predicted octanol–water partition coefficient (Wildman–Crippen LogP) is 2.04. The molecule has 102 valence electrons. The Balaban J connectivity index is 1.83. The number of pyridine rings is 1. The van der Waals surface area contributed by atoms with Crippen LogP contribution >= 0.6 is 0 Å². The van der Waals surface area contributed by atoms with Gasteiger partial charge in [-0.25, -0.2) is 4.98 Å². The van der Waals surface area contributed by atoms with Crippen LogP contribution in [0.1, 0.15) is 24.3 Å². The number of ether oxygens (including phenoxy) is 1. The quantitative estimate of drug-likeness (QED) is 0.773. The Morgan fingerprint density at radius 2 is 2.30 bits per heavy atom. The maximum atomic E-state index is 5.60. The van der Waals surface area contributed by atoms with Gasteiger partial charge in [0, 0.05) is 30.2 Å². The van der Waals surface area contributed by atoms with Gasteiger partial charge in [0.1, 0.15) is 0 Å². The third-order valence-electron chi connectivity index (χ3n) is 3.82. The molecule has 4 rings (SSSR count). The van der Waals surface area contributed by atoms with Gasteiger partial charge < -0.3 is 4.74 Å². The van der Waals surface area contributed by atoms with E-state index in [4.69, 9.17) is 4.74 Å². The molecule has 1 saturated heterocycles. The summed E-state index contributed by atoms with van der Waals surface area (Å²) in [6.45, 7) is 1.66. The molecule has 20 heavy (non-hydrogen) atoms. The van der Waals surface area contributed by atoms with Crippen LogP contribution in [0.5, 0.6) is 0 Å². The van der Waals surface area contributed by atoms with Crippen molar-refractivity contribution in [1.29, 1.82) is 0 Å². The minimum Gasteiger partial charge on any atom is -0.381 e. The highest BCUT2D eigenvalue weighted by molar-refractivity contribution is 5.80. The van der Waals surface area contributed by atoms with E-state index in [9.17, 15) is 0 Å². The third kappa shape index (κ3) is 1.80. The molecule has 0 unspecified atom stereocenters. The number of nitrogens with zero attached hydrogens (tertiary/aromatic N) is 4. The van der Waals surface area contributed by atoms with Crippen LogP contribution in [0.4, 0.5) is 0 Å². The van der Waals surface area contributed by atoms with E-state index in [0.717, 1.165) is 42.9 Å². The van der Waals surface area contributed by atoms with Gasteiger partial charge in [0.15, 0.2) is 11.5 Å². The van der Waals surface area contributed by atoms with Crippen LogP contribution < -0.4 is 0 Å². The van der Waals surface area contributed by atoms with Crippen LogP contribution in [0.25, 0.3) is 16.9 Å². The highest BCUT2D eigenvalue weighted by atomic mass is 16.5. The van der Waals surface area contributed by atoms with Gasteiger partial charge in [-0.3, -0.25) is 5.10 Å². The minimum atomic E-state index is 0.439. The Bertz CT molecular complexity index is 712. The summed E-state index contributed by atoms with van der Waals surface area (Å²) >= 11 is 0. The van der Waals surface area contributed by atoms with Gasteiger partial charge in [-0.2, -0.15) is 14.9 Å². The standard InChI is InChI=1S/C14H15N5O/c1-2-10(9-20-7-1)11-3-5-15-14-12(11)8-17-19(14)13-4-6-16-18-13/h3-6,8,10H,1-2,7,9H2,(H,16,18)/t10-/m0/s1. The number of hydrogen-bond donors (Lipinski definition) is 1. The van der Waals surface area contributed by atoms with Crippen molar-refractivity contribution >= 4 is 11.0 Å². The first-order valence-corrected chi connectivity index (χ1v) is 6.83. The zero-order chi connectivity index (χ0) is 13.4. The van der Waals surface area contributed by atoms with Gasteiger partial charge in [0.05, 0.1) is 19.0 Å². The predicted molar refractivity (Wildman–Crippen MR) is 73.8 cm³/mol. The second-order valence-corrected chi connectivity index (χ2v) is 5.05. The third-order valence-corrected chi connectivity index (χ3v) is 3.82. The second-order valence-electron chi connectivity index (χ2n) is 5.05. The van der Waals surface area contributed by atoms with Crippen molar-refractivity contribution in [3.05, 3.63) is 36.3 Å². The molecule has 0 aromatic carbocycles. The van der Waals surface area contributed by atoms with Crippen molar-refractivity contribution in [2.45, 2.75) is 18.8 Å². The molecule has 4 heterocycles. The summed E-state index contributed by atoms with van der Waals surface area (Å²) in [5.41, 5.74) is 2.14. The monoisotopic (exact) mass is 269 g/mol. The van der Waals surface area contributed by atoms with Gasteiger partial charge in [-0.05, 0) is 24.5 Å². The van der Waals surface area contributed by atoms with Gasteiger partial charge in [-0.15, -0.1) is 0 Å². The summed E-state index contributed by atoms with van der Waals surface area (Å²) in [7, 11) is 0. The Morgan fingerprint density at radius 3 is 3.10 bits per heavy atom. The number of rotatable bonds is 2. The van der Waals surface area contributed by atoms with Gasteiger partial charge >= 0.3 is 0 Å². The van der Waals surface area contributed by atoms with Crippen LogP contribution in [-0.2, 0) is 4.74 Å². The Morgan fingerprint density at radius 1 is 1.30 bits per heavy atom. The lowest BCUT2D eigenvalue weighted by Crippen LogP contribution is -2.15. The average molecular weight is 269 g/mol. The fraction of sp³-hybridized carbons (Fsp3) is 0.357. The Kier molecular flexibility index (Phi) is 2.74. The number of aromatic amines is 1. The normalized spacial score (nSPS) is 19.5. The second kappa shape index (κ2) is 4.72. The van der Waals surface area contributed by atoms with E-state index in [0.29, 0.717) is 5.92 Å². The Hall–Kier alpha value is -2.21. The van der Waals surface area contributed by atoms with Crippen molar-refractivity contribution in [3.63, 3.8) is 0 Å². The molecule has 1 aliphatic rings. The van der Waals surface area contributed by atoms with E-state index < -0.39 is 0 Å². The molecular formula is C14H15N5O. The number of aromatic nitrogens is 5. The van der Waals surface area contributed by atoms with E-state index >= 15 is 0 Å². The number of nitrogens with one attached hydrogen (secondary N) is 1. The number of hydrogen-bond acceptors (Lipinski definition) is 4. The number of fused-ring (bicyclic) bond motifs is 1. The highest BCUT2D eigenvalue weighted by Crippen LogP contribution is 2.30. The summed E-state index contributed by atoms with van der Waals surface area (Å²) in [6.07, 6.45) is 7.72. The van der Waals surface area contributed by atoms with Crippen LogP contribution in [0.2, 0.25) is 0 Å². The largest absolute Gasteiger partial charge is 0.381 e. The van der Waals surface area contributed by atoms with E-state index in [2.05, 4.69) is 26.3 Å². The lowest BCUT2D eigenvalue weighted by molar-refractivity contribution is 0.0808. The lowest BCUT2D eigenvalue weighted by atomic mass is 9.92. The first-order valence-electron chi connectivity index (χ1n) is 6.83. The molecule has 0 amide bonds. The van der Waals surface area contributed by atoms with Gasteiger partial charge in [-0.1, -0.05) is 0 Å². The molecule has 1 aliphatic heterocycles. The molecule has 0 aliphatic carbocycles. The van der Waals surface area contributed by atoms with Crippen molar-refractivity contribution in [2.24, 2.45) is 0 Å². The van der Waals surface area contributed by atoms with Gasteiger partial charge in [0.2, 0.25) is 0 Å². The van der Waals surface area contributed by atoms with Crippen LogP contribution in [0.15, 0.2) is 30.7 Å². The van der Waals surface area contributed by atoms with Crippen LogP contribution in [0.3, 0.4) is 0 Å². The molecule has 0 spiro atoms. The van der Waals surface area contributed by atoms with Crippen LogP contribution in [0, 0.1) is 0 Å². The Labute approximate surface area is 115 Å². The van der Waals surface area contributed by atoms with Crippen molar-refractivity contribution < 1.29 is 4.74 Å². The van der Waals surface area contributed by atoms with E-state index in [1.165, 1.54) is 5.56 Å². The fourth-order valence-corrected chi connectivity index (χ4v) is 2.83. The first-order chi connectivity index (χ1) is 9.93. The molecule has 6 nitrogen and oxygen atoms in total. The smallest absolute Gasteiger partial charge is 0.164 e. The highest BCUT2D eigenvalue weighted by Gasteiger charge is 2.20. The lowest BCUT2D eigenvalue weighted by Gasteiger charge is -2.22. The summed E-state index contributed by atoms with van der Waals surface area (Å²) in [5.74, 6) is 1.26. The van der Waals surface area contributed by atoms with E-state index in [1.54, 1.807) is 10.9 Å². The zero-order valence-corrected chi connectivity index (χ0v) is 11.0. The molecular weight excluding hydrogens is 254 g/mol. The molecule has 3 aromatic rings. The molecule has 3 aromatic heterocycles. The minimum absolute atomic E-state index is 0.439. The fourth-order valence-electron chi connectivity index (χ4n) is 2.83. The topological polar surface area (TPSA) is 68.6 Å². The van der Waals surface area contributed by atoms with Crippen molar-refractivity contribution in [2.75, 3.05) is 13.2 Å². The zero-order valence-electron chi connectivity index (χ0n) is 11.0. The van der Waals surface area contributed by atoms with Crippen molar-refractivity contribution in [1.82, 2.24) is 25.0 Å². The summed E-state index contributed by atoms with van der Waals surface area (Å²) in [4.78, 5) is 4.46. The molecule has 0 saturated carbocycles. The molecule has 1 atom stereocenters. The first kappa shape index (κ1) is 11.6. The molecule has 0 bridgehead atoms. The summed E-state index contributed by atoms with van der Waals surface area (Å²) in [6, 6.07) is 3.96. The molecule has 1 N–H and O–H groups in total. The maximum absolute atomic E-state index is 5.60. The molecule has 6 heteroatoms. The van der Waals surface area contributed by atoms with Crippen molar-refractivity contribution in [3.8, 4) is 5.82 Å².